The molecule has 0 radical (unpaired) electrons. The number of ether oxygens (including phenoxy) is 1. The van der Waals surface area contributed by atoms with Crippen molar-refractivity contribution in [3.05, 3.63) is 63.7 Å². The largest absolute Gasteiger partial charge is 0.496 e. The van der Waals surface area contributed by atoms with Crippen LogP contribution in [0.15, 0.2) is 30.3 Å². The number of amides is 2. The van der Waals surface area contributed by atoms with Crippen LogP contribution >= 0.6 is 0 Å². The maximum atomic E-state index is 14.1. The van der Waals surface area contributed by atoms with Gasteiger partial charge < -0.3 is 14.8 Å². The predicted octanol–water partition coefficient (Wildman–Crippen LogP) is 5.42. The average molecular weight is 525 g/mol. The van der Waals surface area contributed by atoms with Crippen molar-refractivity contribution in [1.82, 2.24) is 10.4 Å². The van der Waals surface area contributed by atoms with Gasteiger partial charge in [0.2, 0.25) is 0 Å². The summed E-state index contributed by atoms with van der Waals surface area (Å²) in [5.74, 6) is -0.0494. The molecule has 0 fully saturated rings. The summed E-state index contributed by atoms with van der Waals surface area (Å²) in [5, 5.41) is 19.9. The molecule has 0 bridgehead atoms. The Bertz CT molecular complexity index is 1120. The summed E-state index contributed by atoms with van der Waals surface area (Å²) in [6.45, 7) is 16.1. The second kappa shape index (κ2) is 12.8. The van der Waals surface area contributed by atoms with Crippen LogP contribution in [0.25, 0.3) is 0 Å². The van der Waals surface area contributed by atoms with E-state index in [2.05, 4.69) is 33.1 Å². The summed E-state index contributed by atoms with van der Waals surface area (Å²) >= 11 is 0. The Morgan fingerprint density at radius 2 is 1.63 bits per heavy atom. The van der Waals surface area contributed by atoms with E-state index in [0.717, 1.165) is 23.1 Å². The molecule has 2 rings (SSSR count). The number of benzene rings is 2. The third-order valence-electron chi connectivity index (χ3n) is 7.58. The molecule has 38 heavy (non-hydrogen) atoms. The molecule has 0 heterocycles. The van der Waals surface area contributed by atoms with Gasteiger partial charge in [0.05, 0.1) is 12.6 Å². The fourth-order valence-corrected chi connectivity index (χ4v) is 5.05. The van der Waals surface area contributed by atoms with Crippen molar-refractivity contribution in [2.75, 3.05) is 7.11 Å². The lowest BCUT2D eigenvalue weighted by Crippen LogP contribution is -2.63. The predicted molar refractivity (Wildman–Crippen MR) is 153 cm³/mol. The highest BCUT2D eigenvalue weighted by atomic mass is 16.5. The number of carbonyl (C=O) groups is 2. The number of methoxy groups -OCH3 is 1. The van der Waals surface area contributed by atoms with E-state index in [1.54, 1.807) is 13.2 Å². The van der Waals surface area contributed by atoms with Crippen molar-refractivity contribution < 1.29 is 24.4 Å². The average Bonchev–Trinajstić information content (AvgIpc) is 2.80. The van der Waals surface area contributed by atoms with Gasteiger partial charge in [-0.15, -0.1) is 0 Å². The minimum atomic E-state index is -1.35. The zero-order valence-electron chi connectivity index (χ0n) is 24.6. The van der Waals surface area contributed by atoms with E-state index >= 15 is 0 Å². The molecule has 2 aromatic rings. The fraction of sp³-hybridized carbons (Fsp3) is 0.533. The minimum absolute atomic E-state index is 0.250. The lowest BCUT2D eigenvalue weighted by atomic mass is 9.71. The highest BCUT2D eigenvalue weighted by molar-refractivity contribution is 6.40. The normalized spacial score (nSPS) is 13.0. The van der Waals surface area contributed by atoms with E-state index < -0.39 is 12.7 Å². The van der Waals surface area contributed by atoms with E-state index in [9.17, 15) is 9.59 Å². The first-order valence-corrected chi connectivity index (χ1v) is 13.4. The Hall–Kier alpha value is -2.84. The van der Waals surface area contributed by atoms with Crippen molar-refractivity contribution in [3.8, 4) is 5.75 Å². The van der Waals surface area contributed by atoms with Crippen molar-refractivity contribution in [2.45, 2.75) is 92.9 Å². The quantitative estimate of drug-likeness (QED) is 0.285. The van der Waals surface area contributed by atoms with Crippen LogP contribution in [-0.2, 0) is 6.42 Å². The summed E-state index contributed by atoms with van der Waals surface area (Å²) in [6, 6.07) is 9.31. The van der Waals surface area contributed by atoms with Gasteiger partial charge in [-0.05, 0) is 76.0 Å². The number of carbonyl (C=O) groups excluding carboxylic acids is 2. The van der Waals surface area contributed by atoms with Gasteiger partial charge in [-0.3, -0.25) is 15.0 Å². The fourth-order valence-electron chi connectivity index (χ4n) is 5.05. The maximum absolute atomic E-state index is 14.1. The Balaban J connectivity index is 2.54. The van der Waals surface area contributed by atoms with Gasteiger partial charge in [0.1, 0.15) is 5.75 Å². The van der Waals surface area contributed by atoms with Crippen LogP contribution in [0, 0.1) is 26.2 Å². The van der Waals surface area contributed by atoms with E-state index in [4.69, 9.17) is 14.8 Å². The highest BCUT2D eigenvalue weighted by Crippen LogP contribution is 2.39. The summed E-state index contributed by atoms with van der Waals surface area (Å²) in [7, 11) is 0.204. The number of hydrogen-bond acceptors (Lipinski definition) is 5. The van der Waals surface area contributed by atoms with Crippen LogP contribution in [0.5, 0.6) is 5.75 Å². The van der Waals surface area contributed by atoms with Gasteiger partial charge in [0.25, 0.3) is 11.8 Å². The molecule has 2 amide bonds. The van der Waals surface area contributed by atoms with E-state index in [1.165, 1.54) is 5.01 Å². The van der Waals surface area contributed by atoms with Crippen molar-refractivity contribution in [3.63, 3.8) is 0 Å². The first kappa shape index (κ1) is 31.4. The Labute approximate surface area is 228 Å². The maximum Gasteiger partial charge on any atom is 0.451 e. The van der Waals surface area contributed by atoms with E-state index in [0.29, 0.717) is 41.7 Å². The second-order valence-electron chi connectivity index (χ2n) is 11.5. The van der Waals surface area contributed by atoms with Crippen LogP contribution in [0.1, 0.15) is 96.9 Å². The zero-order chi connectivity index (χ0) is 28.8. The molecule has 0 spiro atoms. The SMILES string of the molecule is CCC[C@@](C)(N(NC(=O)c1ccc(CCCB(O)O)c(OC)c1C)C(=O)c1cc(C)cc(C)c1)C(C)(C)C. The topological polar surface area (TPSA) is 99.1 Å². The highest BCUT2D eigenvalue weighted by Gasteiger charge is 2.46. The lowest BCUT2D eigenvalue weighted by molar-refractivity contribution is -0.0194. The van der Waals surface area contributed by atoms with Gasteiger partial charge >= 0.3 is 7.12 Å². The molecule has 7 nitrogen and oxygen atoms in total. The molecule has 208 valence electrons. The Kier molecular flexibility index (Phi) is 10.6. The Morgan fingerprint density at radius 1 is 1.03 bits per heavy atom. The number of hydrazine groups is 1. The molecular weight excluding hydrogens is 479 g/mol. The number of aryl methyl sites for hydroxylation is 3. The molecule has 0 aliphatic rings. The van der Waals surface area contributed by atoms with Crippen LogP contribution in [0.4, 0.5) is 0 Å². The molecule has 1 atom stereocenters. The number of rotatable bonds is 10. The molecule has 8 heteroatoms. The van der Waals surface area contributed by atoms with Gasteiger partial charge in [-0.2, -0.15) is 0 Å². The van der Waals surface area contributed by atoms with Gasteiger partial charge in [-0.25, -0.2) is 5.01 Å². The van der Waals surface area contributed by atoms with Crippen LogP contribution in [-0.4, -0.2) is 46.6 Å². The van der Waals surface area contributed by atoms with E-state index in [1.807, 2.05) is 52.0 Å². The summed E-state index contributed by atoms with van der Waals surface area (Å²) < 4.78 is 5.65. The number of nitrogens with one attached hydrogen (secondary N) is 1. The summed E-state index contributed by atoms with van der Waals surface area (Å²) in [5.41, 5.74) is 6.46. The molecule has 0 aromatic heterocycles. The van der Waals surface area contributed by atoms with Crippen LogP contribution in [0.3, 0.4) is 0 Å². The minimum Gasteiger partial charge on any atom is -0.496 e. The third-order valence-corrected chi connectivity index (χ3v) is 7.58. The number of hydrogen-bond donors (Lipinski definition) is 3. The van der Waals surface area contributed by atoms with Crippen molar-refractivity contribution >= 4 is 18.9 Å². The van der Waals surface area contributed by atoms with Crippen LogP contribution < -0.4 is 10.2 Å². The van der Waals surface area contributed by atoms with Crippen molar-refractivity contribution in [2.24, 2.45) is 5.41 Å². The Morgan fingerprint density at radius 3 is 2.13 bits per heavy atom. The molecule has 0 saturated carbocycles. The summed E-state index contributed by atoms with van der Waals surface area (Å²) in [6.07, 6.45) is 2.94. The first-order valence-electron chi connectivity index (χ1n) is 13.4. The van der Waals surface area contributed by atoms with Crippen LogP contribution in [0.2, 0.25) is 6.32 Å². The second-order valence-corrected chi connectivity index (χ2v) is 11.5. The van der Waals surface area contributed by atoms with Gasteiger partial charge in [0.15, 0.2) is 0 Å². The van der Waals surface area contributed by atoms with Gasteiger partial charge in [-0.1, -0.05) is 63.8 Å². The molecule has 0 saturated heterocycles. The molecule has 0 unspecified atom stereocenters. The standard InChI is InChI=1S/C30H45BN2O5/c1-10-15-30(8,29(5,6)7)33(28(35)24-18-20(2)17-21(3)19-24)32-27(34)25-14-13-23(12-11-16-31(36)37)26(38-9)22(25)4/h13-14,17-19,36-37H,10-12,15-16H2,1-9H3,(H,32,34)/t30-/m1/s1. The molecule has 0 aliphatic carbocycles. The van der Waals surface area contributed by atoms with Gasteiger partial charge in [0, 0.05) is 16.7 Å². The first-order chi connectivity index (χ1) is 17.7. The molecular formula is C30H45BN2O5. The smallest absolute Gasteiger partial charge is 0.451 e. The third kappa shape index (κ3) is 7.17. The lowest BCUT2D eigenvalue weighted by Gasteiger charge is -2.49. The zero-order valence-corrected chi connectivity index (χ0v) is 24.6. The molecule has 0 aliphatic heterocycles. The van der Waals surface area contributed by atoms with E-state index in [-0.39, 0.29) is 23.5 Å². The van der Waals surface area contributed by atoms with Crippen molar-refractivity contribution in [1.29, 1.82) is 0 Å². The summed E-state index contributed by atoms with van der Waals surface area (Å²) in [4.78, 5) is 27.8. The molecule has 2 aromatic carbocycles. The number of nitrogens with zero attached hydrogens (tertiary/aromatic N) is 1. The monoisotopic (exact) mass is 524 g/mol. The molecule has 3 N–H and O–H groups in total.